The van der Waals surface area contributed by atoms with Gasteiger partial charge < -0.3 is 20.8 Å². The third-order valence-corrected chi connectivity index (χ3v) is 6.50. The molecule has 2 aromatic rings. The van der Waals surface area contributed by atoms with Gasteiger partial charge in [-0.25, -0.2) is 0 Å². The molecule has 0 saturated carbocycles. The number of aliphatic hydroxyl groups is 2. The second-order valence-corrected chi connectivity index (χ2v) is 8.96. The van der Waals surface area contributed by atoms with E-state index in [1.807, 2.05) is 30.3 Å². The highest BCUT2D eigenvalue weighted by molar-refractivity contribution is 6.30. The Morgan fingerprint density at radius 3 is 2.71 bits per heavy atom. The van der Waals surface area contributed by atoms with Crippen LogP contribution in [0, 0.1) is 0 Å². The number of hydrogen-bond donors (Lipinski definition) is 4. The Kier molecular flexibility index (Phi) is 7.13. The molecule has 2 aromatic carbocycles. The number of carbonyl (C=O) groups is 1. The fourth-order valence-electron chi connectivity index (χ4n) is 4.56. The summed E-state index contributed by atoms with van der Waals surface area (Å²) in [5.41, 5.74) is 4.64. The Labute approximate surface area is 188 Å². The largest absolute Gasteiger partial charge is 0.392 e. The van der Waals surface area contributed by atoms with Crippen molar-refractivity contribution in [2.45, 2.75) is 50.9 Å². The van der Waals surface area contributed by atoms with E-state index >= 15 is 0 Å². The number of aliphatic hydroxyl groups excluding tert-OH is 2. The normalized spacial score (nSPS) is 19.6. The van der Waals surface area contributed by atoms with Gasteiger partial charge in [0.15, 0.2) is 0 Å². The Morgan fingerprint density at radius 2 is 1.94 bits per heavy atom. The lowest BCUT2D eigenvalue weighted by Gasteiger charge is -2.32. The van der Waals surface area contributed by atoms with Gasteiger partial charge >= 0.3 is 0 Å². The molecule has 1 fully saturated rings. The summed E-state index contributed by atoms with van der Waals surface area (Å²) in [7, 11) is 0. The van der Waals surface area contributed by atoms with Crippen LogP contribution in [0.4, 0.5) is 11.4 Å². The van der Waals surface area contributed by atoms with E-state index in [0.717, 1.165) is 73.3 Å². The number of nitrogens with one attached hydrogen (secondary N) is 2. The van der Waals surface area contributed by atoms with E-state index in [2.05, 4.69) is 15.5 Å². The summed E-state index contributed by atoms with van der Waals surface area (Å²) in [5, 5.41) is 26.8. The first-order valence-electron chi connectivity index (χ1n) is 11.0. The van der Waals surface area contributed by atoms with Crippen molar-refractivity contribution < 1.29 is 15.0 Å². The number of halogens is 1. The standard InChI is InChI=1S/C24H30ClN3O3/c25-18-4-7-22(17(12-18)15-29)26-19-8-10-28(11-9-19)14-24(31)27-20-5-6-21-16(13-20)2-1-3-23(21)30/h4-7,12-13,19,23,26,29-30H,1-3,8-11,14-15H2,(H,27,31). The second kappa shape index (κ2) is 10.0. The van der Waals surface area contributed by atoms with Gasteiger partial charge in [-0.2, -0.15) is 0 Å². The molecule has 7 heteroatoms. The minimum atomic E-state index is -0.385. The molecular formula is C24H30ClN3O3. The van der Waals surface area contributed by atoms with Crippen LogP contribution < -0.4 is 10.6 Å². The van der Waals surface area contributed by atoms with E-state index in [0.29, 0.717) is 17.6 Å². The Bertz CT molecular complexity index is 928. The molecular weight excluding hydrogens is 414 g/mol. The number of anilines is 2. The van der Waals surface area contributed by atoms with Crippen LogP contribution in [-0.2, 0) is 17.8 Å². The third kappa shape index (κ3) is 5.57. The molecule has 1 aliphatic carbocycles. The molecule has 4 N–H and O–H groups in total. The summed E-state index contributed by atoms with van der Waals surface area (Å²) in [6.07, 6.45) is 4.20. The van der Waals surface area contributed by atoms with Crippen molar-refractivity contribution in [2.24, 2.45) is 0 Å². The van der Waals surface area contributed by atoms with Crippen molar-refractivity contribution in [3.63, 3.8) is 0 Å². The van der Waals surface area contributed by atoms with Crippen LogP contribution in [0.15, 0.2) is 36.4 Å². The van der Waals surface area contributed by atoms with Crippen molar-refractivity contribution in [2.75, 3.05) is 30.3 Å². The van der Waals surface area contributed by atoms with Crippen molar-refractivity contribution in [3.8, 4) is 0 Å². The minimum absolute atomic E-state index is 0.0111. The topological polar surface area (TPSA) is 84.8 Å². The summed E-state index contributed by atoms with van der Waals surface area (Å²) < 4.78 is 0. The number of nitrogens with zero attached hydrogens (tertiary/aromatic N) is 1. The Morgan fingerprint density at radius 1 is 1.13 bits per heavy atom. The molecule has 1 atom stereocenters. The highest BCUT2D eigenvalue weighted by Crippen LogP contribution is 2.31. The maximum atomic E-state index is 12.5. The maximum absolute atomic E-state index is 12.5. The molecule has 166 valence electrons. The maximum Gasteiger partial charge on any atom is 0.238 e. The van der Waals surface area contributed by atoms with Gasteiger partial charge in [-0.1, -0.05) is 17.7 Å². The SMILES string of the molecule is O=C(CN1CCC(Nc2ccc(Cl)cc2CO)CC1)Nc1ccc2c(c1)CCCC2O. The van der Waals surface area contributed by atoms with E-state index in [-0.39, 0.29) is 18.6 Å². The fraction of sp³-hybridized carbons (Fsp3) is 0.458. The summed E-state index contributed by atoms with van der Waals surface area (Å²) in [6, 6.07) is 11.6. The second-order valence-electron chi connectivity index (χ2n) is 8.52. The van der Waals surface area contributed by atoms with Gasteiger partial charge in [-0.15, -0.1) is 0 Å². The first-order chi connectivity index (χ1) is 15.0. The average Bonchev–Trinajstić information content (AvgIpc) is 2.76. The number of piperidine rings is 1. The van der Waals surface area contributed by atoms with Crippen molar-refractivity contribution in [1.82, 2.24) is 4.90 Å². The number of aryl methyl sites for hydroxylation is 1. The van der Waals surface area contributed by atoms with Gasteiger partial charge in [0.25, 0.3) is 0 Å². The molecule has 2 aliphatic rings. The van der Waals surface area contributed by atoms with E-state index in [9.17, 15) is 15.0 Å². The number of amides is 1. The first kappa shape index (κ1) is 22.1. The molecule has 1 amide bonds. The summed E-state index contributed by atoms with van der Waals surface area (Å²) in [5.74, 6) is -0.0111. The molecule has 31 heavy (non-hydrogen) atoms. The lowest BCUT2D eigenvalue weighted by molar-refractivity contribution is -0.117. The van der Waals surface area contributed by atoms with Gasteiger partial charge in [0.1, 0.15) is 0 Å². The highest BCUT2D eigenvalue weighted by Gasteiger charge is 2.22. The number of rotatable bonds is 6. The summed E-state index contributed by atoms with van der Waals surface area (Å²) in [6.45, 7) is 1.99. The molecule has 6 nitrogen and oxygen atoms in total. The molecule has 4 rings (SSSR count). The van der Waals surface area contributed by atoms with Crippen LogP contribution in [0.2, 0.25) is 5.02 Å². The van der Waals surface area contributed by atoms with Gasteiger partial charge in [-0.05, 0) is 73.6 Å². The molecule has 0 spiro atoms. The van der Waals surface area contributed by atoms with Gasteiger partial charge in [0.2, 0.25) is 5.91 Å². The average molecular weight is 444 g/mol. The van der Waals surface area contributed by atoms with Crippen LogP contribution in [0.5, 0.6) is 0 Å². The Balaban J connectivity index is 1.26. The number of carbonyl (C=O) groups excluding carboxylic acids is 1. The monoisotopic (exact) mass is 443 g/mol. The van der Waals surface area contributed by atoms with E-state index < -0.39 is 0 Å². The van der Waals surface area contributed by atoms with Gasteiger partial charge in [0, 0.05) is 41.1 Å². The zero-order valence-electron chi connectivity index (χ0n) is 17.6. The lowest BCUT2D eigenvalue weighted by Crippen LogP contribution is -2.42. The molecule has 0 radical (unpaired) electrons. The predicted molar refractivity (Wildman–Crippen MR) is 123 cm³/mol. The van der Waals surface area contributed by atoms with Crippen LogP contribution in [0.1, 0.15) is 48.5 Å². The smallest absolute Gasteiger partial charge is 0.238 e. The van der Waals surface area contributed by atoms with Crippen LogP contribution in [-0.4, -0.2) is 46.7 Å². The molecule has 1 unspecified atom stereocenters. The number of likely N-dealkylation sites (tertiary alicyclic amines) is 1. The minimum Gasteiger partial charge on any atom is -0.392 e. The first-order valence-corrected chi connectivity index (χ1v) is 11.4. The molecule has 1 saturated heterocycles. The van der Waals surface area contributed by atoms with Gasteiger partial charge in [0.05, 0.1) is 19.3 Å². The number of benzene rings is 2. The number of fused-ring (bicyclic) bond motifs is 1. The van der Waals surface area contributed by atoms with Crippen LogP contribution in [0.25, 0.3) is 0 Å². The zero-order chi connectivity index (χ0) is 21.8. The summed E-state index contributed by atoms with van der Waals surface area (Å²) in [4.78, 5) is 14.7. The quantitative estimate of drug-likeness (QED) is 0.547. The van der Waals surface area contributed by atoms with E-state index in [1.165, 1.54) is 0 Å². The fourth-order valence-corrected chi connectivity index (χ4v) is 4.75. The molecule has 1 heterocycles. The van der Waals surface area contributed by atoms with Gasteiger partial charge in [-0.3, -0.25) is 9.69 Å². The zero-order valence-corrected chi connectivity index (χ0v) is 18.4. The molecule has 1 aliphatic heterocycles. The van der Waals surface area contributed by atoms with Crippen LogP contribution >= 0.6 is 11.6 Å². The van der Waals surface area contributed by atoms with Crippen molar-refractivity contribution in [1.29, 1.82) is 0 Å². The predicted octanol–water partition coefficient (Wildman–Crippen LogP) is 3.72. The van der Waals surface area contributed by atoms with Crippen LogP contribution in [0.3, 0.4) is 0 Å². The highest BCUT2D eigenvalue weighted by atomic mass is 35.5. The third-order valence-electron chi connectivity index (χ3n) is 6.26. The van der Waals surface area contributed by atoms with E-state index in [4.69, 9.17) is 11.6 Å². The van der Waals surface area contributed by atoms with Crippen molar-refractivity contribution >= 4 is 28.9 Å². The molecule has 0 bridgehead atoms. The molecule has 0 aromatic heterocycles. The lowest BCUT2D eigenvalue weighted by atomic mass is 9.89. The number of hydrogen-bond acceptors (Lipinski definition) is 5. The van der Waals surface area contributed by atoms with Crippen molar-refractivity contribution in [3.05, 3.63) is 58.1 Å². The summed E-state index contributed by atoms with van der Waals surface area (Å²) >= 11 is 6.01. The van der Waals surface area contributed by atoms with E-state index in [1.54, 1.807) is 6.07 Å². The Hall–Kier alpha value is -2.12.